The summed E-state index contributed by atoms with van der Waals surface area (Å²) >= 11 is -0.747. The van der Waals surface area contributed by atoms with E-state index in [0.717, 1.165) is 0 Å². The van der Waals surface area contributed by atoms with Crippen LogP contribution in [-0.2, 0) is 0 Å². The topological polar surface area (TPSA) is 67.2 Å². The molecule has 0 spiro atoms. The van der Waals surface area contributed by atoms with E-state index < -0.39 is 90.9 Å². The van der Waals surface area contributed by atoms with Gasteiger partial charge in [0.2, 0.25) is 0 Å². The molecule has 0 saturated carbocycles. The van der Waals surface area contributed by atoms with Gasteiger partial charge in [-0.05, 0) is 0 Å². The molecule has 0 unspecified atom stereocenters. The first kappa shape index (κ1) is 21.5. The van der Waals surface area contributed by atoms with Gasteiger partial charge in [-0.25, -0.2) is 0 Å². The third-order valence-electron chi connectivity index (χ3n) is 2.05. The SMILES string of the molecule is FN1N(CC(F)(F)C(F)(F)F)C=[C]([K])C1(F)F.OB(O)O. The molecule has 118 valence electrons. The van der Waals surface area contributed by atoms with Crippen LogP contribution in [0, 0.1) is 0 Å². The number of rotatable bonds is 2. The van der Waals surface area contributed by atoms with Gasteiger partial charge in [0.05, 0.1) is 0 Å². The first-order chi connectivity index (χ1) is 9.13. The van der Waals surface area contributed by atoms with Crippen LogP contribution >= 0.6 is 0 Å². The van der Waals surface area contributed by atoms with Gasteiger partial charge in [-0.15, -0.1) is 0 Å². The molecule has 3 N–H and O–H groups in total. The van der Waals surface area contributed by atoms with Gasteiger partial charge in [-0.2, -0.15) is 0 Å². The van der Waals surface area contributed by atoms with Gasteiger partial charge in [0.1, 0.15) is 0 Å². The smallest absolute Gasteiger partial charge is 0.402 e. The standard InChI is InChI=1S/C6H3F8N2.BH3O3.K/c7-4(8,6(11,12)13)3-15-2-1-5(9,10)16(15)14;2-1(3)4;/h2H,3H2;2-4H;. The molecule has 0 amide bonds. The Morgan fingerprint density at radius 2 is 1.52 bits per heavy atom. The van der Waals surface area contributed by atoms with Gasteiger partial charge in [-0.1, -0.05) is 0 Å². The molecule has 1 aliphatic heterocycles. The molecule has 0 atom stereocenters. The normalized spacial score (nSPS) is 19.1. The van der Waals surface area contributed by atoms with Gasteiger partial charge in [0.25, 0.3) is 0 Å². The molecule has 0 aromatic heterocycles. The van der Waals surface area contributed by atoms with Crippen LogP contribution in [0.25, 0.3) is 0 Å². The molecule has 0 aromatic carbocycles. The van der Waals surface area contributed by atoms with Crippen LogP contribution in [0.15, 0.2) is 5.87 Å². The Balaban J connectivity index is 0.000000885. The number of hydrazine groups is 1. The zero-order valence-electron chi connectivity index (χ0n) is 10.1. The van der Waals surface area contributed by atoms with Crippen LogP contribution in [0.5, 0.6) is 0 Å². The summed E-state index contributed by atoms with van der Waals surface area (Å²) in [4.78, 5) is 0. The minimum absolute atomic E-state index is 0.277. The summed E-state index contributed by atoms with van der Waals surface area (Å²) < 4.78 is 98.1. The van der Waals surface area contributed by atoms with Gasteiger partial charge in [0.15, 0.2) is 0 Å². The Morgan fingerprint density at radius 3 is 1.76 bits per heavy atom. The van der Waals surface area contributed by atoms with Crippen LogP contribution < -0.4 is 0 Å². The van der Waals surface area contributed by atoms with E-state index in [2.05, 4.69) is 0 Å². The summed E-state index contributed by atoms with van der Waals surface area (Å²) in [7, 11) is -2.17. The summed E-state index contributed by atoms with van der Waals surface area (Å²) in [5.74, 6) is -5.28. The first-order valence-electron chi connectivity index (χ1n) is 4.91. The van der Waals surface area contributed by atoms with Crippen molar-refractivity contribution < 1.29 is 50.3 Å². The molecule has 0 aromatic rings. The van der Waals surface area contributed by atoms with Gasteiger partial charge in [-0.3, -0.25) is 0 Å². The van der Waals surface area contributed by atoms with Crippen LogP contribution in [0.3, 0.4) is 0 Å². The molecule has 1 heterocycles. The van der Waals surface area contributed by atoms with E-state index in [4.69, 9.17) is 15.1 Å². The van der Waals surface area contributed by atoms with Crippen LogP contribution in [-0.4, -0.2) is 106 Å². The molecule has 0 aliphatic carbocycles. The van der Waals surface area contributed by atoms with Crippen molar-refractivity contribution in [1.29, 1.82) is 0 Å². The minimum atomic E-state index is -5.92. The summed E-state index contributed by atoms with van der Waals surface area (Å²) in [5, 5.41) is 19.6. The number of halogens is 8. The zero-order valence-corrected chi connectivity index (χ0v) is 13.2. The number of hydrogen-bond acceptors (Lipinski definition) is 5. The molecule has 0 bridgehead atoms. The molecule has 0 fully saturated rings. The molecule has 1 rings (SSSR count). The van der Waals surface area contributed by atoms with Crippen molar-refractivity contribution in [3.63, 3.8) is 0 Å². The Bertz CT molecular complexity index is 390. The fraction of sp³-hybridized carbons (Fsp3) is 0.667. The van der Waals surface area contributed by atoms with E-state index in [1.807, 2.05) is 0 Å². The minimum Gasteiger partial charge on any atom is -0.402 e. The average molecular weight is 356 g/mol. The van der Waals surface area contributed by atoms with Crippen molar-refractivity contribution in [1.82, 2.24) is 10.2 Å². The number of alkyl halides is 7. The molecule has 15 heteroatoms. The van der Waals surface area contributed by atoms with E-state index in [1.165, 1.54) is 0 Å². The monoisotopic (exact) mass is 356 g/mol. The second-order valence-corrected chi connectivity index (χ2v) is 5.44. The quantitative estimate of drug-likeness (QED) is 0.285. The summed E-state index contributed by atoms with van der Waals surface area (Å²) in [6, 6.07) is -4.14. The molecule has 1 aliphatic rings. The van der Waals surface area contributed by atoms with E-state index in [0.29, 0.717) is 0 Å². The van der Waals surface area contributed by atoms with E-state index >= 15 is 0 Å². The largest absolute Gasteiger partial charge is 0.631 e. The molecular weight excluding hydrogens is 350 g/mol. The maximum Gasteiger partial charge on any atom is 0.631 e. The Kier molecular flexibility index (Phi) is 7.58. The molecule has 0 radical (unpaired) electrons. The molecular formula is C6H6BF8KN2O3. The van der Waals surface area contributed by atoms with Crippen molar-refractivity contribution in [2.45, 2.75) is 18.1 Å². The summed E-state index contributed by atoms with van der Waals surface area (Å²) in [6.45, 7) is -2.22. The van der Waals surface area contributed by atoms with Crippen molar-refractivity contribution in [2.75, 3.05) is 6.54 Å². The number of hydrogen-bond donors (Lipinski definition) is 3. The second kappa shape index (κ2) is 7.39. The fourth-order valence-corrected chi connectivity index (χ4v) is 1.81. The van der Waals surface area contributed by atoms with Gasteiger partial charge < -0.3 is 15.1 Å². The van der Waals surface area contributed by atoms with E-state index in [1.54, 1.807) is 0 Å². The average Bonchev–Trinajstić information content (AvgIpc) is 2.40. The summed E-state index contributed by atoms with van der Waals surface area (Å²) in [5.41, 5.74) is 0. The third-order valence-corrected chi connectivity index (χ3v) is 3.39. The van der Waals surface area contributed by atoms with Crippen LogP contribution in [0.2, 0.25) is 0 Å². The second-order valence-electron chi connectivity index (χ2n) is 3.76. The molecule has 21 heavy (non-hydrogen) atoms. The Hall–Kier alpha value is 0.521. The number of nitrogens with zero attached hydrogens (tertiary/aromatic N) is 2. The van der Waals surface area contributed by atoms with E-state index in [-0.39, 0.29) is 6.20 Å². The van der Waals surface area contributed by atoms with E-state index in [9.17, 15) is 35.2 Å². The molecule has 5 nitrogen and oxygen atoms in total. The van der Waals surface area contributed by atoms with Gasteiger partial charge >= 0.3 is 132 Å². The van der Waals surface area contributed by atoms with Gasteiger partial charge in [0, 0.05) is 0 Å². The first-order valence-corrected chi connectivity index (χ1v) is 6.47. The fourth-order valence-electron chi connectivity index (χ4n) is 1.06. The van der Waals surface area contributed by atoms with Crippen molar-refractivity contribution in [3.8, 4) is 0 Å². The van der Waals surface area contributed by atoms with Crippen molar-refractivity contribution >= 4 is 56.3 Å². The van der Waals surface area contributed by atoms with Crippen LogP contribution in [0.1, 0.15) is 0 Å². The van der Waals surface area contributed by atoms with Crippen molar-refractivity contribution in [3.05, 3.63) is 5.87 Å². The maximum atomic E-state index is 12.8. The predicted octanol–water partition coefficient (Wildman–Crippen LogP) is 0.152. The van der Waals surface area contributed by atoms with Crippen LogP contribution in [0.4, 0.5) is 35.2 Å². The maximum absolute atomic E-state index is 12.8. The summed E-state index contributed by atoms with van der Waals surface area (Å²) in [6.07, 6.45) is -5.64. The Morgan fingerprint density at radius 1 is 1.14 bits per heavy atom. The van der Waals surface area contributed by atoms with Crippen molar-refractivity contribution in [2.24, 2.45) is 0 Å². The Labute approximate surface area is 146 Å². The third kappa shape index (κ3) is 5.91. The molecule has 0 saturated heterocycles. The predicted molar refractivity (Wildman–Crippen MR) is 51.8 cm³/mol. The zero-order chi connectivity index (χ0) is 17.2.